The van der Waals surface area contributed by atoms with Crippen LogP contribution in [0.25, 0.3) is 11.1 Å². The minimum Gasteiger partial charge on any atom is -0.461 e. The molecule has 0 spiro atoms. The number of nitrogens with zero attached hydrogens (tertiary/aromatic N) is 1. The molecular formula is C25H30FNO8. The molecule has 1 amide bonds. The van der Waals surface area contributed by atoms with Gasteiger partial charge in [0.05, 0.1) is 19.8 Å². The van der Waals surface area contributed by atoms with Crippen molar-refractivity contribution in [2.24, 2.45) is 0 Å². The summed E-state index contributed by atoms with van der Waals surface area (Å²) >= 11 is 0. The van der Waals surface area contributed by atoms with Crippen molar-refractivity contribution >= 4 is 5.91 Å². The Morgan fingerprint density at radius 1 is 1.17 bits per heavy atom. The fourth-order valence-corrected chi connectivity index (χ4v) is 4.27. The quantitative estimate of drug-likeness (QED) is 0.485. The van der Waals surface area contributed by atoms with Gasteiger partial charge in [-0.1, -0.05) is 6.07 Å². The zero-order valence-corrected chi connectivity index (χ0v) is 19.6. The number of morpholine rings is 1. The van der Waals surface area contributed by atoms with Crippen LogP contribution in [0.5, 0.6) is 5.75 Å². The van der Waals surface area contributed by atoms with Gasteiger partial charge >= 0.3 is 0 Å². The largest absolute Gasteiger partial charge is 0.461 e. The van der Waals surface area contributed by atoms with E-state index in [1.165, 1.54) is 19.1 Å². The van der Waals surface area contributed by atoms with Crippen LogP contribution in [0.1, 0.15) is 22.8 Å². The minimum absolute atomic E-state index is 0.245. The van der Waals surface area contributed by atoms with Gasteiger partial charge < -0.3 is 39.5 Å². The first-order valence-corrected chi connectivity index (χ1v) is 11.4. The maximum atomic E-state index is 14.4. The average molecular weight is 492 g/mol. The molecule has 0 bridgehead atoms. The van der Waals surface area contributed by atoms with Crippen molar-refractivity contribution < 1.29 is 43.8 Å². The molecule has 0 radical (unpaired) electrons. The maximum Gasteiger partial charge on any atom is 0.254 e. The molecule has 10 heteroatoms. The van der Waals surface area contributed by atoms with E-state index in [0.717, 1.165) is 0 Å². The number of carbonyl (C=O) groups is 1. The summed E-state index contributed by atoms with van der Waals surface area (Å²) in [5, 5.41) is 40.4. The molecule has 5 unspecified atom stereocenters. The zero-order chi connectivity index (χ0) is 25.3. The Morgan fingerprint density at radius 3 is 2.54 bits per heavy atom. The van der Waals surface area contributed by atoms with E-state index in [1.54, 1.807) is 36.1 Å². The van der Waals surface area contributed by atoms with Gasteiger partial charge in [-0.3, -0.25) is 4.79 Å². The van der Waals surface area contributed by atoms with Gasteiger partial charge in [-0.15, -0.1) is 0 Å². The van der Waals surface area contributed by atoms with Crippen molar-refractivity contribution in [1.82, 2.24) is 4.90 Å². The molecular weight excluding hydrogens is 461 g/mol. The molecule has 2 aromatic carbocycles. The SMILES string of the molecule is Cc1cc(-c2cc(F)cc(C(=O)N3CCOCC3)c2)ccc1OC1OC(CO)C(O)C(O)C1(C)O. The highest BCUT2D eigenvalue weighted by atomic mass is 19.1. The predicted molar refractivity (Wildman–Crippen MR) is 122 cm³/mol. The summed E-state index contributed by atoms with van der Waals surface area (Å²) in [7, 11) is 0. The minimum atomic E-state index is -1.95. The number of amides is 1. The monoisotopic (exact) mass is 491 g/mol. The van der Waals surface area contributed by atoms with Crippen molar-refractivity contribution in [2.75, 3.05) is 32.9 Å². The van der Waals surface area contributed by atoms with E-state index in [0.29, 0.717) is 48.7 Å². The molecule has 190 valence electrons. The number of aliphatic hydroxyl groups excluding tert-OH is 3. The second-order valence-corrected chi connectivity index (χ2v) is 9.08. The fraction of sp³-hybridized carbons (Fsp3) is 0.480. The van der Waals surface area contributed by atoms with Gasteiger partial charge in [-0.25, -0.2) is 4.39 Å². The first-order chi connectivity index (χ1) is 16.6. The predicted octanol–water partition coefficient (Wildman–Crippen LogP) is 0.842. The van der Waals surface area contributed by atoms with Crippen molar-refractivity contribution in [3.05, 3.63) is 53.3 Å². The van der Waals surface area contributed by atoms with Gasteiger partial charge in [-0.05, 0) is 60.9 Å². The van der Waals surface area contributed by atoms with E-state index in [-0.39, 0.29) is 11.5 Å². The molecule has 4 N–H and O–H groups in total. The lowest BCUT2D eigenvalue weighted by Gasteiger charge is -2.45. The van der Waals surface area contributed by atoms with Gasteiger partial charge in [0, 0.05) is 18.7 Å². The molecule has 2 aliphatic heterocycles. The Kier molecular flexibility index (Phi) is 7.41. The highest BCUT2D eigenvalue weighted by molar-refractivity contribution is 5.95. The van der Waals surface area contributed by atoms with Crippen LogP contribution in [0.4, 0.5) is 4.39 Å². The first kappa shape index (κ1) is 25.5. The van der Waals surface area contributed by atoms with Crippen LogP contribution < -0.4 is 4.74 Å². The summed E-state index contributed by atoms with van der Waals surface area (Å²) in [4.78, 5) is 14.5. The van der Waals surface area contributed by atoms with Crippen molar-refractivity contribution in [1.29, 1.82) is 0 Å². The van der Waals surface area contributed by atoms with Gasteiger partial charge in [0.15, 0.2) is 5.60 Å². The summed E-state index contributed by atoms with van der Waals surface area (Å²) in [5.41, 5.74) is 0.0667. The van der Waals surface area contributed by atoms with Crippen LogP contribution >= 0.6 is 0 Å². The van der Waals surface area contributed by atoms with E-state index in [9.17, 15) is 29.6 Å². The molecule has 2 saturated heterocycles. The molecule has 0 saturated carbocycles. The number of benzene rings is 2. The zero-order valence-electron chi connectivity index (χ0n) is 19.6. The van der Waals surface area contributed by atoms with Gasteiger partial charge in [-0.2, -0.15) is 0 Å². The Balaban J connectivity index is 1.56. The second-order valence-electron chi connectivity index (χ2n) is 9.08. The summed E-state index contributed by atoms with van der Waals surface area (Å²) in [5.74, 6) is -0.478. The number of rotatable bonds is 5. The van der Waals surface area contributed by atoms with E-state index in [4.69, 9.17) is 14.2 Å². The molecule has 2 aliphatic rings. The van der Waals surface area contributed by atoms with E-state index >= 15 is 0 Å². The lowest BCUT2D eigenvalue weighted by Crippen LogP contribution is -2.66. The lowest BCUT2D eigenvalue weighted by atomic mass is 9.88. The molecule has 5 atom stereocenters. The number of aryl methyl sites for hydroxylation is 1. The second kappa shape index (κ2) is 10.2. The van der Waals surface area contributed by atoms with Crippen LogP contribution in [0.15, 0.2) is 36.4 Å². The normalized spacial score (nSPS) is 29.2. The van der Waals surface area contributed by atoms with E-state index in [2.05, 4.69) is 0 Å². The average Bonchev–Trinajstić information content (AvgIpc) is 2.85. The molecule has 0 aromatic heterocycles. The van der Waals surface area contributed by atoms with Gasteiger partial charge in [0.25, 0.3) is 5.91 Å². The summed E-state index contributed by atoms with van der Waals surface area (Å²) < 4.78 is 31.0. The highest BCUT2D eigenvalue weighted by Crippen LogP contribution is 2.34. The molecule has 35 heavy (non-hydrogen) atoms. The Bertz CT molecular complexity index is 1070. The third-order valence-electron chi connectivity index (χ3n) is 6.44. The maximum absolute atomic E-state index is 14.4. The van der Waals surface area contributed by atoms with Crippen molar-refractivity contribution in [2.45, 2.75) is 44.1 Å². The molecule has 0 aliphatic carbocycles. The van der Waals surface area contributed by atoms with Crippen LogP contribution in [-0.2, 0) is 9.47 Å². The summed E-state index contributed by atoms with van der Waals surface area (Å²) in [6.07, 6.45) is -5.59. The fourth-order valence-electron chi connectivity index (χ4n) is 4.27. The third-order valence-corrected chi connectivity index (χ3v) is 6.44. The Labute approximate surface area is 202 Å². The molecule has 2 aromatic rings. The van der Waals surface area contributed by atoms with Gasteiger partial charge in [0.2, 0.25) is 6.29 Å². The molecule has 2 heterocycles. The van der Waals surface area contributed by atoms with Crippen molar-refractivity contribution in [3.8, 4) is 16.9 Å². The number of carbonyl (C=O) groups excluding carboxylic acids is 1. The first-order valence-electron chi connectivity index (χ1n) is 11.4. The number of hydrogen-bond donors (Lipinski definition) is 4. The number of aliphatic hydroxyl groups is 4. The van der Waals surface area contributed by atoms with E-state index < -0.39 is 42.6 Å². The highest BCUT2D eigenvalue weighted by Gasteiger charge is 2.53. The smallest absolute Gasteiger partial charge is 0.254 e. The van der Waals surface area contributed by atoms with Crippen LogP contribution in [-0.4, -0.2) is 94.3 Å². The van der Waals surface area contributed by atoms with Gasteiger partial charge in [0.1, 0.15) is 29.9 Å². The number of halogens is 1. The van der Waals surface area contributed by atoms with Crippen LogP contribution in [0.2, 0.25) is 0 Å². The Hall–Kier alpha value is -2.60. The summed E-state index contributed by atoms with van der Waals surface area (Å²) in [6, 6.07) is 9.19. The van der Waals surface area contributed by atoms with Crippen LogP contribution in [0.3, 0.4) is 0 Å². The van der Waals surface area contributed by atoms with Crippen LogP contribution in [0, 0.1) is 12.7 Å². The van der Waals surface area contributed by atoms with E-state index in [1.807, 2.05) is 0 Å². The third kappa shape index (κ3) is 5.18. The topological polar surface area (TPSA) is 129 Å². The molecule has 2 fully saturated rings. The molecule has 9 nitrogen and oxygen atoms in total. The number of hydrogen-bond acceptors (Lipinski definition) is 8. The standard InChI is InChI=1S/C25H30FNO8/c1-14-9-15(16-10-17(12-18(26)11-16)23(31)27-5-7-33-8-6-27)3-4-19(14)34-24-25(2,32)22(30)21(29)20(13-28)35-24/h3-4,9-12,20-22,24,28-30,32H,5-8,13H2,1-2H3. The Morgan fingerprint density at radius 2 is 1.89 bits per heavy atom. The lowest BCUT2D eigenvalue weighted by molar-refractivity contribution is -0.314. The van der Waals surface area contributed by atoms with Crippen molar-refractivity contribution in [3.63, 3.8) is 0 Å². The molecule has 4 rings (SSSR count). The number of ether oxygens (including phenoxy) is 3. The summed E-state index contributed by atoms with van der Waals surface area (Å²) in [6.45, 7) is 4.23.